The van der Waals surface area contributed by atoms with Crippen LogP contribution in [-0.4, -0.2) is 95.3 Å². The van der Waals surface area contributed by atoms with Gasteiger partial charge in [-0.15, -0.1) is 0 Å². The van der Waals surface area contributed by atoms with Crippen molar-refractivity contribution in [2.24, 2.45) is 0 Å². The Kier molecular flexibility index (Phi) is 5.24. The molecule has 6 rings (SSSR count). The van der Waals surface area contributed by atoms with Crippen molar-refractivity contribution in [1.82, 2.24) is 19.6 Å². The van der Waals surface area contributed by atoms with Crippen molar-refractivity contribution in [3.05, 3.63) is 0 Å². The average Bonchev–Trinajstić information content (AvgIpc) is 3.54. The summed E-state index contributed by atoms with van der Waals surface area (Å²) in [5.74, 6) is 0. The summed E-state index contributed by atoms with van der Waals surface area (Å²) in [4.78, 5) is 32.7. The Morgan fingerprint density at radius 2 is 0.906 bits per heavy atom. The Labute approximate surface area is 188 Å². The van der Waals surface area contributed by atoms with E-state index in [9.17, 15) is 9.59 Å². The number of ether oxygens (including phenoxy) is 4. The van der Waals surface area contributed by atoms with Crippen LogP contribution in [-0.2, 0) is 18.9 Å². The maximum atomic E-state index is 12.9. The first-order valence-corrected chi connectivity index (χ1v) is 12.3. The number of nitrogens with zero attached hydrogens (tertiary/aromatic N) is 4. The Morgan fingerprint density at radius 3 is 1.28 bits per heavy atom. The summed E-state index contributed by atoms with van der Waals surface area (Å²) in [6.45, 7) is 0. The molecule has 4 aliphatic heterocycles. The van der Waals surface area contributed by atoms with Gasteiger partial charge in [-0.2, -0.15) is 0 Å². The largest absolute Gasteiger partial charge is 0.324 e. The highest BCUT2D eigenvalue weighted by Gasteiger charge is 2.60. The molecule has 10 nitrogen and oxygen atoms in total. The van der Waals surface area contributed by atoms with Crippen molar-refractivity contribution in [2.75, 3.05) is 14.1 Å². The number of urea groups is 2. The number of fused-ring (bicyclic) bond motifs is 2. The van der Waals surface area contributed by atoms with E-state index in [1.54, 1.807) is 23.9 Å². The third-order valence-corrected chi connectivity index (χ3v) is 8.10. The molecule has 178 valence electrons. The molecule has 0 unspecified atom stereocenters. The fourth-order valence-corrected chi connectivity index (χ4v) is 6.36. The summed E-state index contributed by atoms with van der Waals surface area (Å²) in [6, 6.07) is 0.298. The molecule has 6 atom stereocenters. The van der Waals surface area contributed by atoms with Crippen molar-refractivity contribution in [1.29, 1.82) is 0 Å². The first-order valence-electron chi connectivity index (χ1n) is 12.3. The third-order valence-electron chi connectivity index (χ3n) is 8.10. The Morgan fingerprint density at radius 1 is 0.562 bits per heavy atom. The van der Waals surface area contributed by atoms with Gasteiger partial charge in [-0.25, -0.2) is 9.59 Å². The molecule has 0 aromatic heterocycles. The summed E-state index contributed by atoms with van der Waals surface area (Å²) in [5, 5.41) is 0. The quantitative estimate of drug-likeness (QED) is 0.657. The first-order chi connectivity index (χ1) is 15.5. The van der Waals surface area contributed by atoms with E-state index in [0.717, 1.165) is 51.4 Å². The van der Waals surface area contributed by atoms with E-state index in [0.29, 0.717) is 0 Å². The number of carbonyl (C=O) groups is 2. The molecule has 2 saturated carbocycles. The topological polar surface area (TPSA) is 84.0 Å². The van der Waals surface area contributed by atoms with Crippen molar-refractivity contribution in [2.45, 2.75) is 114 Å². The second-order valence-corrected chi connectivity index (χ2v) is 10.0. The third kappa shape index (κ3) is 3.13. The van der Waals surface area contributed by atoms with Gasteiger partial charge in [-0.05, 0) is 25.7 Å². The average molecular weight is 451 g/mol. The molecule has 4 amide bonds. The molecule has 6 fully saturated rings. The van der Waals surface area contributed by atoms with E-state index in [4.69, 9.17) is 18.9 Å². The molecule has 0 radical (unpaired) electrons. The maximum Gasteiger partial charge on any atom is 0.324 e. The zero-order chi connectivity index (χ0) is 22.0. The number of rotatable bonds is 3. The molecule has 4 heterocycles. The van der Waals surface area contributed by atoms with Gasteiger partial charge in [0.2, 0.25) is 12.6 Å². The van der Waals surface area contributed by atoms with Gasteiger partial charge in [0, 0.05) is 26.2 Å². The highest BCUT2D eigenvalue weighted by atomic mass is 16.8. The van der Waals surface area contributed by atoms with E-state index >= 15 is 0 Å². The lowest BCUT2D eigenvalue weighted by molar-refractivity contribution is -0.243. The van der Waals surface area contributed by atoms with Gasteiger partial charge in [0.1, 0.15) is 0 Å². The van der Waals surface area contributed by atoms with E-state index < -0.39 is 37.5 Å². The van der Waals surface area contributed by atoms with Crippen molar-refractivity contribution < 1.29 is 28.5 Å². The Hall–Kier alpha value is -1.62. The molecular weight excluding hydrogens is 416 g/mol. The highest BCUT2D eigenvalue weighted by molar-refractivity contribution is 5.78. The SMILES string of the molecule is CN1C(=O)N(C2CCCCC2)[C@@H]2O[C@H]([C@H]3O[C@@H]4[C@H](O3)N(C)C(=O)N4C3CCCCC3)O[C@H]21. The van der Waals surface area contributed by atoms with Gasteiger partial charge in [-0.3, -0.25) is 19.6 Å². The molecule has 4 saturated heterocycles. The predicted octanol–water partition coefficient (Wildman–Crippen LogP) is 2.44. The molecule has 0 spiro atoms. The summed E-state index contributed by atoms with van der Waals surface area (Å²) < 4.78 is 24.8. The molecule has 0 aromatic rings. The van der Waals surface area contributed by atoms with Crippen LogP contribution in [0, 0.1) is 0 Å². The van der Waals surface area contributed by atoms with E-state index in [2.05, 4.69) is 0 Å². The summed E-state index contributed by atoms with van der Waals surface area (Å²) in [5.41, 5.74) is 0. The van der Waals surface area contributed by atoms with Crippen LogP contribution in [0.1, 0.15) is 64.2 Å². The minimum absolute atomic E-state index is 0.0377. The van der Waals surface area contributed by atoms with Gasteiger partial charge in [0.25, 0.3) is 0 Å². The fraction of sp³-hybridized carbons (Fsp3) is 0.909. The maximum absolute atomic E-state index is 12.9. The zero-order valence-electron chi connectivity index (χ0n) is 18.9. The van der Waals surface area contributed by atoms with Crippen LogP contribution >= 0.6 is 0 Å². The zero-order valence-corrected chi connectivity index (χ0v) is 18.9. The lowest BCUT2D eigenvalue weighted by Crippen LogP contribution is -2.47. The van der Waals surface area contributed by atoms with Crippen molar-refractivity contribution in [3.8, 4) is 0 Å². The van der Waals surface area contributed by atoms with Crippen LogP contribution in [0.25, 0.3) is 0 Å². The van der Waals surface area contributed by atoms with Crippen molar-refractivity contribution >= 4 is 12.1 Å². The van der Waals surface area contributed by atoms with Crippen LogP contribution < -0.4 is 0 Å². The number of amides is 4. The van der Waals surface area contributed by atoms with Crippen LogP contribution in [0.3, 0.4) is 0 Å². The van der Waals surface area contributed by atoms with Gasteiger partial charge in [0.15, 0.2) is 24.9 Å². The predicted molar refractivity (Wildman–Crippen MR) is 111 cm³/mol. The lowest BCUT2D eigenvalue weighted by atomic mass is 9.94. The Balaban J connectivity index is 1.16. The van der Waals surface area contributed by atoms with Gasteiger partial charge >= 0.3 is 12.1 Å². The smallest absolute Gasteiger partial charge is 0.319 e. The minimum atomic E-state index is -0.742. The summed E-state index contributed by atoms with van der Waals surface area (Å²) in [7, 11) is 3.52. The first kappa shape index (κ1) is 20.9. The van der Waals surface area contributed by atoms with Crippen LogP contribution in [0.2, 0.25) is 0 Å². The number of hydrogen-bond acceptors (Lipinski definition) is 6. The molecule has 2 aliphatic carbocycles. The molecule has 32 heavy (non-hydrogen) atoms. The molecule has 0 aromatic carbocycles. The number of carbonyl (C=O) groups excluding carboxylic acids is 2. The molecule has 0 bridgehead atoms. The van der Waals surface area contributed by atoms with Crippen LogP contribution in [0.4, 0.5) is 9.59 Å². The van der Waals surface area contributed by atoms with Crippen LogP contribution in [0.5, 0.6) is 0 Å². The van der Waals surface area contributed by atoms with Crippen LogP contribution in [0.15, 0.2) is 0 Å². The molecule has 0 N–H and O–H groups in total. The van der Waals surface area contributed by atoms with E-state index in [1.165, 1.54) is 12.8 Å². The standard InChI is InChI=1S/C22H34N4O6/c1-23-15-17(25(21(23)27)13-9-5-3-6-10-13)31-19(29-15)20-30-16-18(32-20)26(22(28)24(16)2)14-11-7-4-8-12-14/h13-20H,3-12H2,1-2H3/t15-,16+,17-,18-,19-,20-/m1/s1. The lowest BCUT2D eigenvalue weighted by Gasteiger charge is -2.34. The van der Waals surface area contributed by atoms with Gasteiger partial charge in [0.05, 0.1) is 0 Å². The molecule has 6 aliphatic rings. The molecule has 10 heteroatoms. The van der Waals surface area contributed by atoms with Gasteiger partial charge in [-0.1, -0.05) is 38.5 Å². The Bertz CT molecular complexity index is 695. The monoisotopic (exact) mass is 450 g/mol. The second-order valence-electron chi connectivity index (χ2n) is 10.0. The fourth-order valence-electron chi connectivity index (χ4n) is 6.36. The number of hydrogen-bond donors (Lipinski definition) is 0. The summed E-state index contributed by atoms with van der Waals surface area (Å²) in [6.07, 6.45) is 7.63. The van der Waals surface area contributed by atoms with E-state index in [1.807, 2.05) is 9.80 Å². The second kappa shape index (κ2) is 8.00. The van der Waals surface area contributed by atoms with Crippen molar-refractivity contribution in [3.63, 3.8) is 0 Å². The van der Waals surface area contributed by atoms with Gasteiger partial charge < -0.3 is 18.9 Å². The summed E-state index contributed by atoms with van der Waals surface area (Å²) >= 11 is 0. The minimum Gasteiger partial charge on any atom is -0.319 e. The number of likely N-dealkylation sites (N-methyl/N-ethyl adjacent to an activating group) is 2. The molecular formula is C22H34N4O6. The highest BCUT2D eigenvalue weighted by Crippen LogP contribution is 2.42. The van der Waals surface area contributed by atoms with E-state index in [-0.39, 0.29) is 24.1 Å². The normalized spacial score (nSPS) is 41.2.